The molecule has 1 N–H and O–H groups in total. The number of thiophene rings is 1. The number of benzene rings is 1. The summed E-state index contributed by atoms with van der Waals surface area (Å²) in [6, 6.07) is 8.32. The van der Waals surface area contributed by atoms with Gasteiger partial charge in [-0.25, -0.2) is 0 Å². The largest absolute Gasteiger partial charge is 0.347 e. The molecule has 0 aliphatic carbocycles. The summed E-state index contributed by atoms with van der Waals surface area (Å²) in [6.07, 6.45) is 0. The number of carbonyl (C=O) groups is 1. The van der Waals surface area contributed by atoms with E-state index in [0.29, 0.717) is 6.54 Å². The quantitative estimate of drug-likeness (QED) is 0.672. The highest BCUT2D eigenvalue weighted by molar-refractivity contribution is 9.10. The van der Waals surface area contributed by atoms with E-state index >= 15 is 0 Å². The van der Waals surface area contributed by atoms with Crippen LogP contribution < -0.4 is 5.32 Å². The number of hydrogen-bond acceptors (Lipinski definition) is 4. The average Bonchev–Trinajstić information content (AvgIpc) is 2.81. The van der Waals surface area contributed by atoms with Crippen molar-refractivity contribution in [1.29, 1.82) is 0 Å². The van der Waals surface area contributed by atoms with Gasteiger partial charge in [0.15, 0.2) is 0 Å². The SMILES string of the molecule is Cc1ccc(CNC(=O)c2cccc([N+](=O)[O-])c2Br)s1. The highest BCUT2D eigenvalue weighted by Crippen LogP contribution is 2.28. The maximum Gasteiger partial charge on any atom is 0.284 e. The van der Waals surface area contributed by atoms with Gasteiger partial charge in [-0.15, -0.1) is 11.3 Å². The number of nitro benzene ring substituents is 1. The van der Waals surface area contributed by atoms with E-state index in [0.717, 1.165) is 4.88 Å². The van der Waals surface area contributed by atoms with E-state index in [1.165, 1.54) is 17.0 Å². The Morgan fingerprint density at radius 2 is 2.15 bits per heavy atom. The smallest absolute Gasteiger partial charge is 0.284 e. The Labute approximate surface area is 127 Å². The lowest BCUT2D eigenvalue weighted by molar-refractivity contribution is -0.385. The van der Waals surface area contributed by atoms with Crippen molar-refractivity contribution in [3.8, 4) is 0 Å². The first-order valence-electron chi connectivity index (χ1n) is 5.75. The summed E-state index contributed by atoms with van der Waals surface area (Å²) in [5.74, 6) is -0.341. The van der Waals surface area contributed by atoms with Crippen LogP contribution in [0, 0.1) is 17.0 Å². The van der Waals surface area contributed by atoms with Crippen molar-refractivity contribution < 1.29 is 9.72 Å². The van der Waals surface area contributed by atoms with Crippen molar-refractivity contribution in [2.24, 2.45) is 0 Å². The predicted molar refractivity (Wildman–Crippen MR) is 81.0 cm³/mol. The number of rotatable bonds is 4. The highest BCUT2D eigenvalue weighted by Gasteiger charge is 2.19. The molecule has 0 saturated carbocycles. The number of aryl methyl sites for hydroxylation is 1. The minimum Gasteiger partial charge on any atom is -0.347 e. The molecule has 1 heterocycles. The standard InChI is InChI=1S/C13H11BrN2O3S/c1-8-5-6-9(20-8)7-15-13(17)10-3-2-4-11(12(10)14)16(18)19/h2-6H,7H2,1H3,(H,15,17). The Morgan fingerprint density at radius 1 is 1.40 bits per heavy atom. The lowest BCUT2D eigenvalue weighted by Crippen LogP contribution is -2.22. The monoisotopic (exact) mass is 354 g/mol. The van der Waals surface area contributed by atoms with Crippen LogP contribution in [0.5, 0.6) is 0 Å². The van der Waals surface area contributed by atoms with Gasteiger partial charge in [0.1, 0.15) is 4.47 Å². The molecule has 0 aliphatic heterocycles. The molecular weight excluding hydrogens is 344 g/mol. The second-order valence-electron chi connectivity index (χ2n) is 4.09. The Bertz CT molecular complexity index is 669. The van der Waals surface area contributed by atoms with Crippen molar-refractivity contribution >= 4 is 38.9 Å². The summed E-state index contributed by atoms with van der Waals surface area (Å²) in [5.41, 5.74) is 0.136. The van der Waals surface area contributed by atoms with Crippen molar-refractivity contribution in [1.82, 2.24) is 5.32 Å². The molecule has 0 saturated heterocycles. The molecule has 0 radical (unpaired) electrons. The van der Waals surface area contributed by atoms with Crippen LogP contribution in [-0.4, -0.2) is 10.8 Å². The third kappa shape index (κ3) is 3.23. The lowest BCUT2D eigenvalue weighted by Gasteiger charge is -2.06. The van der Waals surface area contributed by atoms with E-state index in [9.17, 15) is 14.9 Å². The van der Waals surface area contributed by atoms with Crippen LogP contribution >= 0.6 is 27.3 Å². The van der Waals surface area contributed by atoms with E-state index in [4.69, 9.17) is 0 Å². The van der Waals surface area contributed by atoms with Crippen LogP contribution in [0.15, 0.2) is 34.8 Å². The van der Waals surface area contributed by atoms with Crippen LogP contribution in [0.25, 0.3) is 0 Å². The Hall–Kier alpha value is -1.73. The van der Waals surface area contributed by atoms with Gasteiger partial charge in [-0.3, -0.25) is 14.9 Å². The molecule has 2 rings (SSSR count). The van der Waals surface area contributed by atoms with Crippen LogP contribution in [0.1, 0.15) is 20.1 Å². The van der Waals surface area contributed by atoms with Crippen LogP contribution in [0.4, 0.5) is 5.69 Å². The fourth-order valence-corrected chi connectivity index (χ4v) is 3.10. The number of hydrogen-bond donors (Lipinski definition) is 1. The van der Waals surface area contributed by atoms with Crippen molar-refractivity contribution in [2.75, 3.05) is 0 Å². The predicted octanol–water partition coefficient (Wildman–Crippen LogP) is 3.66. The van der Waals surface area contributed by atoms with Gasteiger partial charge in [-0.1, -0.05) is 6.07 Å². The maximum atomic E-state index is 12.1. The first-order valence-corrected chi connectivity index (χ1v) is 7.36. The van der Waals surface area contributed by atoms with Gasteiger partial charge in [0.25, 0.3) is 11.6 Å². The first kappa shape index (κ1) is 14.7. The van der Waals surface area contributed by atoms with E-state index < -0.39 is 4.92 Å². The third-order valence-electron chi connectivity index (χ3n) is 2.64. The Balaban J connectivity index is 2.13. The minimum absolute atomic E-state index is 0.121. The molecular formula is C13H11BrN2O3S. The number of amides is 1. The summed E-state index contributed by atoms with van der Waals surface area (Å²) in [4.78, 5) is 24.6. The molecule has 1 aromatic heterocycles. The van der Waals surface area contributed by atoms with Crippen molar-refractivity contribution in [2.45, 2.75) is 13.5 Å². The van der Waals surface area contributed by atoms with Gasteiger partial charge in [0.2, 0.25) is 0 Å². The van der Waals surface area contributed by atoms with Gasteiger partial charge in [0, 0.05) is 15.8 Å². The third-order valence-corrected chi connectivity index (χ3v) is 4.47. The van der Waals surface area contributed by atoms with E-state index in [-0.39, 0.29) is 21.6 Å². The van der Waals surface area contributed by atoms with Gasteiger partial charge >= 0.3 is 0 Å². The average molecular weight is 355 g/mol. The molecule has 1 aromatic carbocycles. The molecule has 5 nitrogen and oxygen atoms in total. The van der Waals surface area contributed by atoms with E-state index in [1.54, 1.807) is 17.4 Å². The molecule has 104 valence electrons. The first-order chi connectivity index (χ1) is 9.49. The molecule has 0 unspecified atom stereocenters. The van der Waals surface area contributed by atoms with Crippen molar-refractivity contribution in [3.05, 3.63) is 60.2 Å². The van der Waals surface area contributed by atoms with Crippen molar-refractivity contribution in [3.63, 3.8) is 0 Å². The van der Waals surface area contributed by atoms with Crippen LogP contribution in [-0.2, 0) is 6.54 Å². The molecule has 2 aromatic rings. The van der Waals surface area contributed by atoms with Gasteiger partial charge < -0.3 is 5.32 Å². The Kier molecular flexibility index (Phi) is 4.51. The second-order valence-corrected chi connectivity index (χ2v) is 6.26. The molecule has 7 heteroatoms. The molecule has 0 spiro atoms. The zero-order chi connectivity index (χ0) is 14.7. The van der Waals surface area contributed by atoms with Crippen LogP contribution in [0.3, 0.4) is 0 Å². The van der Waals surface area contributed by atoms with Gasteiger partial charge in [0.05, 0.1) is 17.0 Å². The maximum absolute atomic E-state index is 12.1. The molecule has 0 fully saturated rings. The topological polar surface area (TPSA) is 72.2 Å². The van der Waals surface area contributed by atoms with E-state index in [1.807, 2.05) is 19.1 Å². The number of carbonyl (C=O) groups excluding carboxylic acids is 1. The minimum atomic E-state index is -0.524. The molecule has 0 bridgehead atoms. The number of nitro groups is 1. The lowest BCUT2D eigenvalue weighted by atomic mass is 10.2. The fraction of sp³-hybridized carbons (Fsp3) is 0.154. The number of nitrogens with zero attached hydrogens (tertiary/aromatic N) is 1. The van der Waals surface area contributed by atoms with Gasteiger partial charge in [-0.2, -0.15) is 0 Å². The normalized spacial score (nSPS) is 10.3. The molecule has 20 heavy (non-hydrogen) atoms. The highest BCUT2D eigenvalue weighted by atomic mass is 79.9. The number of nitrogens with one attached hydrogen (secondary N) is 1. The molecule has 0 atom stereocenters. The van der Waals surface area contributed by atoms with E-state index in [2.05, 4.69) is 21.2 Å². The van der Waals surface area contributed by atoms with Crippen LogP contribution in [0.2, 0.25) is 0 Å². The number of halogens is 1. The fourth-order valence-electron chi connectivity index (χ4n) is 1.68. The Morgan fingerprint density at radius 3 is 2.75 bits per heavy atom. The molecule has 1 amide bonds. The summed E-state index contributed by atoms with van der Waals surface area (Å²) in [7, 11) is 0. The summed E-state index contributed by atoms with van der Waals surface area (Å²) < 4.78 is 0.199. The summed E-state index contributed by atoms with van der Waals surface area (Å²) in [5, 5.41) is 13.6. The van der Waals surface area contributed by atoms with Gasteiger partial charge in [-0.05, 0) is 41.1 Å². The molecule has 0 aliphatic rings. The zero-order valence-electron chi connectivity index (χ0n) is 10.6. The summed E-state index contributed by atoms with van der Waals surface area (Å²) in [6.45, 7) is 2.40. The zero-order valence-corrected chi connectivity index (χ0v) is 13.0. The summed E-state index contributed by atoms with van der Waals surface area (Å²) >= 11 is 4.72. The second kappa shape index (κ2) is 6.15.